The molecule has 3 rings (SSSR count). The minimum absolute atomic E-state index is 0.0633. The maximum Gasteiger partial charge on any atom is 0.309 e. The van der Waals surface area contributed by atoms with Gasteiger partial charge in [0.2, 0.25) is 0 Å². The summed E-state index contributed by atoms with van der Waals surface area (Å²) in [5, 5.41) is 10.2. The Morgan fingerprint density at radius 3 is 2.83 bits per heavy atom. The molecule has 1 aliphatic heterocycles. The van der Waals surface area contributed by atoms with Crippen LogP contribution in [0.15, 0.2) is 28.7 Å². The Bertz CT molecular complexity index is 830. The van der Waals surface area contributed by atoms with Gasteiger partial charge in [-0.15, -0.1) is 10.2 Å². The summed E-state index contributed by atoms with van der Waals surface area (Å²) in [5.41, 5.74) is 0.574. The van der Waals surface area contributed by atoms with Crippen molar-refractivity contribution in [1.29, 1.82) is 0 Å². The maximum atomic E-state index is 12.1. The van der Waals surface area contributed by atoms with Crippen molar-refractivity contribution in [1.82, 2.24) is 15.5 Å². The topological polar surface area (TPSA) is 111 Å². The average molecular weight is 337 g/mol. The Hall–Kier alpha value is -2.42. The Morgan fingerprint density at radius 1 is 1.35 bits per heavy atom. The zero-order valence-corrected chi connectivity index (χ0v) is 13.2. The minimum Gasteiger partial charge on any atom is -0.496 e. The number of sulfone groups is 1. The number of rotatable bonds is 4. The van der Waals surface area contributed by atoms with Crippen molar-refractivity contribution in [2.45, 2.75) is 12.5 Å². The molecule has 0 spiro atoms. The SMILES string of the molecule is COc1ccccc1-c1nnc(C(=O)NC2CCS(=O)(=O)C2)o1. The quantitative estimate of drug-likeness (QED) is 0.872. The van der Waals surface area contributed by atoms with Crippen LogP contribution < -0.4 is 10.1 Å². The number of nitrogens with zero attached hydrogens (tertiary/aromatic N) is 2. The van der Waals surface area contributed by atoms with Crippen LogP contribution in [0.3, 0.4) is 0 Å². The number of carbonyl (C=O) groups excluding carboxylic acids is 1. The van der Waals surface area contributed by atoms with E-state index in [0.29, 0.717) is 17.7 Å². The summed E-state index contributed by atoms with van der Waals surface area (Å²) in [7, 11) is -1.55. The number of aromatic nitrogens is 2. The van der Waals surface area contributed by atoms with E-state index in [1.165, 1.54) is 7.11 Å². The molecular formula is C14H15N3O5S. The molecule has 2 aromatic rings. The van der Waals surface area contributed by atoms with E-state index in [1.54, 1.807) is 24.3 Å². The third-order valence-electron chi connectivity index (χ3n) is 3.52. The summed E-state index contributed by atoms with van der Waals surface area (Å²) in [6.07, 6.45) is 0.390. The number of nitrogens with one attached hydrogen (secondary N) is 1. The zero-order chi connectivity index (χ0) is 16.4. The second-order valence-electron chi connectivity index (χ2n) is 5.19. The molecular weight excluding hydrogens is 322 g/mol. The van der Waals surface area contributed by atoms with Gasteiger partial charge < -0.3 is 14.5 Å². The van der Waals surface area contributed by atoms with Crippen molar-refractivity contribution in [3.05, 3.63) is 30.2 Å². The van der Waals surface area contributed by atoms with Crippen LogP contribution in [-0.2, 0) is 9.84 Å². The Morgan fingerprint density at radius 2 is 2.13 bits per heavy atom. The van der Waals surface area contributed by atoms with Crippen LogP contribution in [0.2, 0.25) is 0 Å². The summed E-state index contributed by atoms with van der Waals surface area (Å²) < 4.78 is 33.4. The first-order chi connectivity index (χ1) is 11.0. The van der Waals surface area contributed by atoms with E-state index in [4.69, 9.17) is 9.15 Å². The van der Waals surface area contributed by atoms with E-state index in [-0.39, 0.29) is 23.3 Å². The molecule has 1 saturated heterocycles. The summed E-state index contributed by atoms with van der Waals surface area (Å²) in [5.74, 6) is -0.0758. The van der Waals surface area contributed by atoms with Gasteiger partial charge >= 0.3 is 11.8 Å². The first-order valence-corrected chi connectivity index (χ1v) is 8.79. The molecule has 8 nitrogen and oxygen atoms in total. The second kappa shape index (κ2) is 5.99. The number of carbonyl (C=O) groups is 1. The number of hydrogen-bond donors (Lipinski definition) is 1. The van der Waals surface area contributed by atoms with Gasteiger partial charge in [-0.25, -0.2) is 8.42 Å². The van der Waals surface area contributed by atoms with Gasteiger partial charge in [-0.05, 0) is 18.6 Å². The lowest BCUT2D eigenvalue weighted by Crippen LogP contribution is -2.35. The van der Waals surface area contributed by atoms with Crippen LogP contribution in [-0.4, -0.2) is 49.2 Å². The molecule has 1 aromatic heterocycles. The minimum atomic E-state index is -3.07. The molecule has 1 amide bonds. The molecule has 1 aliphatic rings. The van der Waals surface area contributed by atoms with E-state index in [1.807, 2.05) is 0 Å². The van der Waals surface area contributed by atoms with Crippen LogP contribution in [0.1, 0.15) is 17.1 Å². The van der Waals surface area contributed by atoms with Crippen LogP contribution in [0.5, 0.6) is 5.75 Å². The van der Waals surface area contributed by atoms with Gasteiger partial charge in [-0.3, -0.25) is 4.79 Å². The second-order valence-corrected chi connectivity index (χ2v) is 7.41. The summed E-state index contributed by atoms with van der Waals surface area (Å²) in [4.78, 5) is 12.1. The number of hydrogen-bond acceptors (Lipinski definition) is 7. The Kier molecular flexibility index (Phi) is 4.03. The van der Waals surface area contributed by atoms with Gasteiger partial charge in [0.25, 0.3) is 5.89 Å². The summed E-state index contributed by atoms with van der Waals surface area (Å²) >= 11 is 0. The highest BCUT2D eigenvalue weighted by molar-refractivity contribution is 7.91. The summed E-state index contributed by atoms with van der Waals surface area (Å²) in [6.45, 7) is 0. The predicted molar refractivity (Wildman–Crippen MR) is 80.8 cm³/mol. The van der Waals surface area contributed by atoms with Gasteiger partial charge in [0.15, 0.2) is 9.84 Å². The van der Waals surface area contributed by atoms with E-state index < -0.39 is 21.8 Å². The smallest absolute Gasteiger partial charge is 0.309 e. The van der Waals surface area contributed by atoms with Crippen molar-refractivity contribution < 1.29 is 22.4 Å². The number of para-hydroxylation sites is 1. The molecule has 1 atom stereocenters. The largest absolute Gasteiger partial charge is 0.496 e. The number of methoxy groups -OCH3 is 1. The monoisotopic (exact) mass is 337 g/mol. The van der Waals surface area contributed by atoms with Crippen molar-refractivity contribution in [2.24, 2.45) is 0 Å². The van der Waals surface area contributed by atoms with Crippen molar-refractivity contribution in [3.8, 4) is 17.2 Å². The molecule has 1 aromatic carbocycles. The van der Waals surface area contributed by atoms with Crippen LogP contribution in [0, 0.1) is 0 Å². The molecule has 0 bridgehead atoms. The molecule has 1 N–H and O–H groups in total. The fourth-order valence-electron chi connectivity index (χ4n) is 2.40. The lowest BCUT2D eigenvalue weighted by molar-refractivity contribution is 0.0906. The highest BCUT2D eigenvalue weighted by atomic mass is 32.2. The molecule has 0 radical (unpaired) electrons. The van der Waals surface area contributed by atoms with E-state index in [2.05, 4.69) is 15.5 Å². The normalized spacial score (nSPS) is 19.4. The molecule has 0 saturated carbocycles. The third-order valence-corrected chi connectivity index (χ3v) is 5.29. The Balaban J connectivity index is 1.75. The molecule has 1 unspecified atom stereocenters. The first-order valence-electron chi connectivity index (χ1n) is 6.97. The predicted octanol–water partition coefficient (Wildman–Crippen LogP) is 0.662. The van der Waals surface area contributed by atoms with E-state index in [9.17, 15) is 13.2 Å². The molecule has 2 heterocycles. The lowest BCUT2D eigenvalue weighted by Gasteiger charge is -2.07. The Labute approximate surface area is 132 Å². The van der Waals surface area contributed by atoms with Crippen molar-refractivity contribution in [3.63, 3.8) is 0 Å². The third kappa shape index (κ3) is 3.34. The van der Waals surface area contributed by atoms with Crippen molar-refractivity contribution in [2.75, 3.05) is 18.6 Å². The zero-order valence-electron chi connectivity index (χ0n) is 12.4. The summed E-state index contributed by atoms with van der Waals surface area (Å²) in [6, 6.07) is 6.63. The van der Waals surface area contributed by atoms with Crippen molar-refractivity contribution >= 4 is 15.7 Å². The molecule has 9 heteroatoms. The fraction of sp³-hybridized carbons (Fsp3) is 0.357. The van der Waals surface area contributed by atoms with Crippen LogP contribution in [0.4, 0.5) is 0 Å². The molecule has 0 aliphatic carbocycles. The highest BCUT2D eigenvalue weighted by Gasteiger charge is 2.30. The molecule has 122 valence electrons. The van der Waals surface area contributed by atoms with Gasteiger partial charge in [-0.1, -0.05) is 12.1 Å². The van der Waals surface area contributed by atoms with Gasteiger partial charge in [0.05, 0.1) is 24.2 Å². The van der Waals surface area contributed by atoms with E-state index in [0.717, 1.165) is 0 Å². The number of amides is 1. The highest BCUT2D eigenvalue weighted by Crippen LogP contribution is 2.28. The average Bonchev–Trinajstić information content (AvgIpc) is 3.14. The molecule has 23 heavy (non-hydrogen) atoms. The number of benzene rings is 1. The fourth-order valence-corrected chi connectivity index (χ4v) is 4.07. The van der Waals surface area contributed by atoms with Gasteiger partial charge in [0.1, 0.15) is 5.75 Å². The van der Waals surface area contributed by atoms with Crippen LogP contribution in [0.25, 0.3) is 11.5 Å². The lowest BCUT2D eigenvalue weighted by atomic mass is 10.2. The maximum absolute atomic E-state index is 12.1. The van der Waals surface area contributed by atoms with E-state index >= 15 is 0 Å². The van der Waals surface area contributed by atoms with Crippen LogP contribution >= 0.6 is 0 Å². The van der Waals surface area contributed by atoms with Gasteiger partial charge in [0, 0.05) is 6.04 Å². The molecule has 1 fully saturated rings. The number of ether oxygens (including phenoxy) is 1. The first kappa shape index (κ1) is 15.5. The standard InChI is InChI=1S/C14H15N3O5S/c1-21-11-5-3-2-4-10(11)13-16-17-14(22-13)12(18)15-9-6-7-23(19,20)8-9/h2-5,9H,6-8H2,1H3,(H,15,18). The van der Waals surface area contributed by atoms with Gasteiger partial charge in [-0.2, -0.15) is 0 Å².